The van der Waals surface area contributed by atoms with Crippen LogP contribution in [0, 0.1) is 13.8 Å². The summed E-state index contributed by atoms with van der Waals surface area (Å²) in [4.78, 5) is 30.4. The molecule has 1 aromatic heterocycles. The van der Waals surface area contributed by atoms with Crippen molar-refractivity contribution in [3.05, 3.63) is 51.7 Å². The van der Waals surface area contributed by atoms with Crippen molar-refractivity contribution >= 4 is 34.9 Å². The molecule has 0 atom stereocenters. The number of hydrogen-bond donors (Lipinski definition) is 0. The van der Waals surface area contributed by atoms with Crippen LogP contribution >= 0.6 is 23.1 Å². The maximum atomic E-state index is 12.4. The zero-order valence-electron chi connectivity index (χ0n) is 14.5. The van der Waals surface area contributed by atoms with E-state index in [9.17, 15) is 9.59 Å². The summed E-state index contributed by atoms with van der Waals surface area (Å²) >= 11 is 3.04. The standard InChI is InChI=1S/C19H22N2O2S2/c1-14-5-6-16(12-15(14)2)25-13-18(22)20-7-9-21(10-8-20)19(23)17-4-3-11-24-17/h3-6,11-12H,7-10,13H2,1-2H3. The van der Waals surface area contributed by atoms with Crippen molar-refractivity contribution in [1.82, 2.24) is 9.80 Å². The molecule has 0 N–H and O–H groups in total. The van der Waals surface area contributed by atoms with Crippen LogP contribution in [-0.4, -0.2) is 53.5 Å². The quantitative estimate of drug-likeness (QED) is 0.770. The Morgan fingerprint density at radius 1 is 1.04 bits per heavy atom. The number of aryl methyl sites for hydroxylation is 2. The van der Waals surface area contributed by atoms with Gasteiger partial charge in [0.05, 0.1) is 10.6 Å². The Balaban J connectivity index is 1.48. The monoisotopic (exact) mass is 374 g/mol. The summed E-state index contributed by atoms with van der Waals surface area (Å²) in [5.41, 5.74) is 2.51. The fraction of sp³-hybridized carbons (Fsp3) is 0.368. The third kappa shape index (κ3) is 4.44. The van der Waals surface area contributed by atoms with Gasteiger partial charge in [-0.15, -0.1) is 23.1 Å². The second-order valence-electron chi connectivity index (χ2n) is 6.19. The number of hydrogen-bond acceptors (Lipinski definition) is 4. The van der Waals surface area contributed by atoms with Gasteiger partial charge in [-0.1, -0.05) is 12.1 Å². The van der Waals surface area contributed by atoms with Gasteiger partial charge in [-0.3, -0.25) is 9.59 Å². The SMILES string of the molecule is Cc1ccc(SCC(=O)N2CCN(C(=O)c3cccs3)CC2)cc1C. The highest BCUT2D eigenvalue weighted by molar-refractivity contribution is 8.00. The Morgan fingerprint density at radius 2 is 1.76 bits per heavy atom. The molecule has 132 valence electrons. The van der Waals surface area contributed by atoms with Gasteiger partial charge >= 0.3 is 0 Å². The number of benzene rings is 1. The van der Waals surface area contributed by atoms with Gasteiger partial charge in [0.25, 0.3) is 5.91 Å². The Morgan fingerprint density at radius 3 is 2.40 bits per heavy atom. The van der Waals surface area contributed by atoms with E-state index in [0.29, 0.717) is 31.9 Å². The van der Waals surface area contributed by atoms with Gasteiger partial charge in [-0.05, 0) is 48.6 Å². The van der Waals surface area contributed by atoms with Gasteiger partial charge < -0.3 is 9.80 Å². The van der Waals surface area contributed by atoms with Crippen LogP contribution in [0.4, 0.5) is 0 Å². The number of amides is 2. The maximum absolute atomic E-state index is 12.4. The first-order valence-corrected chi connectivity index (χ1v) is 10.2. The highest BCUT2D eigenvalue weighted by Crippen LogP contribution is 2.22. The number of nitrogens with zero attached hydrogens (tertiary/aromatic N) is 2. The summed E-state index contributed by atoms with van der Waals surface area (Å²) in [6.07, 6.45) is 0. The maximum Gasteiger partial charge on any atom is 0.264 e. The van der Waals surface area contributed by atoms with Crippen molar-refractivity contribution in [2.24, 2.45) is 0 Å². The average molecular weight is 375 g/mol. The zero-order chi connectivity index (χ0) is 17.8. The Hall–Kier alpha value is -1.79. The first-order valence-electron chi connectivity index (χ1n) is 8.35. The second kappa shape index (κ2) is 8.06. The molecule has 2 heterocycles. The minimum Gasteiger partial charge on any atom is -0.338 e. The van der Waals surface area contributed by atoms with Gasteiger partial charge in [-0.2, -0.15) is 0 Å². The molecule has 25 heavy (non-hydrogen) atoms. The first kappa shape index (κ1) is 18.0. The van der Waals surface area contributed by atoms with Crippen molar-refractivity contribution in [1.29, 1.82) is 0 Å². The van der Waals surface area contributed by atoms with Crippen molar-refractivity contribution in [3.63, 3.8) is 0 Å². The van der Waals surface area contributed by atoms with Crippen LogP contribution in [0.25, 0.3) is 0 Å². The summed E-state index contributed by atoms with van der Waals surface area (Å²) in [6.45, 7) is 6.62. The van der Waals surface area contributed by atoms with Gasteiger partial charge in [0.1, 0.15) is 0 Å². The van der Waals surface area contributed by atoms with Gasteiger partial charge in [-0.25, -0.2) is 0 Å². The Kier molecular flexibility index (Phi) is 5.81. The zero-order valence-corrected chi connectivity index (χ0v) is 16.2. The van der Waals surface area contributed by atoms with Crippen LogP contribution in [0.15, 0.2) is 40.6 Å². The van der Waals surface area contributed by atoms with E-state index in [1.54, 1.807) is 11.8 Å². The van der Waals surface area contributed by atoms with Crippen LogP contribution in [0.3, 0.4) is 0 Å². The van der Waals surface area contributed by atoms with Gasteiger partial charge in [0.2, 0.25) is 5.91 Å². The number of carbonyl (C=O) groups is 2. The number of thiophene rings is 1. The van der Waals surface area contributed by atoms with Crippen LogP contribution in [0.5, 0.6) is 0 Å². The molecule has 2 aromatic rings. The minimum absolute atomic E-state index is 0.0756. The predicted octanol–water partition coefficient (Wildman–Crippen LogP) is 3.44. The highest BCUT2D eigenvalue weighted by atomic mass is 32.2. The fourth-order valence-electron chi connectivity index (χ4n) is 2.76. The molecular formula is C19H22N2O2S2. The van der Waals surface area contributed by atoms with Crippen molar-refractivity contribution in [2.45, 2.75) is 18.7 Å². The molecule has 4 nitrogen and oxygen atoms in total. The Labute approximate surface area is 156 Å². The van der Waals surface area contributed by atoms with Crippen molar-refractivity contribution in [2.75, 3.05) is 31.9 Å². The number of rotatable bonds is 4. The number of carbonyl (C=O) groups excluding carboxylic acids is 2. The van der Waals surface area contributed by atoms with E-state index in [2.05, 4.69) is 32.0 Å². The third-order valence-electron chi connectivity index (χ3n) is 4.49. The second-order valence-corrected chi connectivity index (χ2v) is 8.18. The molecule has 0 radical (unpaired) electrons. The van der Waals surface area contributed by atoms with Gasteiger partial charge in [0, 0.05) is 31.1 Å². The molecule has 1 saturated heterocycles. The minimum atomic E-state index is 0.0756. The molecule has 6 heteroatoms. The molecule has 0 unspecified atom stereocenters. The molecule has 0 saturated carbocycles. The predicted molar refractivity (Wildman–Crippen MR) is 103 cm³/mol. The number of thioether (sulfide) groups is 1. The van der Waals surface area contributed by atoms with E-state index >= 15 is 0 Å². The fourth-order valence-corrected chi connectivity index (χ4v) is 4.34. The molecule has 0 spiro atoms. The average Bonchev–Trinajstić information content (AvgIpc) is 3.16. The van der Waals surface area contributed by atoms with Crippen molar-refractivity contribution < 1.29 is 9.59 Å². The molecule has 1 aromatic carbocycles. The normalized spacial score (nSPS) is 14.6. The van der Waals surface area contributed by atoms with E-state index in [-0.39, 0.29) is 11.8 Å². The topological polar surface area (TPSA) is 40.6 Å². The number of piperazine rings is 1. The first-order chi connectivity index (χ1) is 12.0. The van der Waals surface area contributed by atoms with Crippen LogP contribution in [0.1, 0.15) is 20.8 Å². The summed E-state index contributed by atoms with van der Waals surface area (Å²) in [5, 5.41) is 1.91. The highest BCUT2D eigenvalue weighted by Gasteiger charge is 2.25. The van der Waals surface area contributed by atoms with E-state index in [1.807, 2.05) is 27.3 Å². The molecule has 1 aliphatic heterocycles. The van der Waals surface area contributed by atoms with E-state index in [0.717, 1.165) is 9.77 Å². The van der Waals surface area contributed by atoms with Crippen molar-refractivity contribution in [3.8, 4) is 0 Å². The molecular weight excluding hydrogens is 352 g/mol. The molecule has 1 aliphatic rings. The van der Waals surface area contributed by atoms with Crippen LogP contribution in [0.2, 0.25) is 0 Å². The Bertz CT molecular complexity index is 751. The lowest BCUT2D eigenvalue weighted by Gasteiger charge is -2.34. The van der Waals surface area contributed by atoms with E-state index < -0.39 is 0 Å². The lowest BCUT2D eigenvalue weighted by atomic mass is 10.1. The molecule has 0 bridgehead atoms. The summed E-state index contributed by atoms with van der Waals surface area (Å²) in [7, 11) is 0. The largest absolute Gasteiger partial charge is 0.338 e. The van der Waals surface area contributed by atoms with E-state index in [4.69, 9.17) is 0 Å². The molecule has 1 fully saturated rings. The van der Waals surface area contributed by atoms with Crippen LogP contribution < -0.4 is 0 Å². The summed E-state index contributed by atoms with van der Waals surface area (Å²) < 4.78 is 0. The van der Waals surface area contributed by atoms with Gasteiger partial charge in [0.15, 0.2) is 0 Å². The molecule has 3 rings (SSSR count). The lowest BCUT2D eigenvalue weighted by Crippen LogP contribution is -2.51. The molecule has 2 amide bonds. The van der Waals surface area contributed by atoms with E-state index in [1.165, 1.54) is 22.5 Å². The van der Waals surface area contributed by atoms with Crippen LogP contribution in [-0.2, 0) is 4.79 Å². The third-order valence-corrected chi connectivity index (χ3v) is 6.33. The summed E-state index contributed by atoms with van der Waals surface area (Å²) in [6, 6.07) is 10.0. The summed E-state index contributed by atoms with van der Waals surface area (Å²) in [5.74, 6) is 0.666. The molecule has 0 aliphatic carbocycles. The lowest BCUT2D eigenvalue weighted by molar-refractivity contribution is -0.129. The smallest absolute Gasteiger partial charge is 0.264 e.